The Balaban J connectivity index is 2.59. The number of allylic oxidation sites excluding steroid dienone is 2. The normalized spacial score (nSPS) is 29.2. The van der Waals surface area contributed by atoms with E-state index in [9.17, 15) is 9.90 Å². The molecule has 0 amide bonds. The number of Topliss-reactive ketones (excluding diaryl/α,β-unsaturated/α-hetero) is 1. The van der Waals surface area contributed by atoms with Crippen LogP contribution in [0.4, 0.5) is 0 Å². The summed E-state index contributed by atoms with van der Waals surface area (Å²) in [4.78, 5) is 12.9. The Kier molecular flexibility index (Phi) is 3.29. The molecule has 0 heterocycles. The number of ketones is 1. The minimum Gasteiger partial charge on any atom is -0.384 e. The summed E-state index contributed by atoms with van der Waals surface area (Å²) in [5, 5.41) is 10.7. The van der Waals surface area contributed by atoms with E-state index in [2.05, 4.69) is 6.58 Å². The summed E-state index contributed by atoms with van der Waals surface area (Å²) in [5.74, 6) is -0.133. The minimum absolute atomic E-state index is 0.133. The molecule has 0 spiro atoms. The van der Waals surface area contributed by atoms with Gasteiger partial charge in [-0.2, -0.15) is 0 Å². The van der Waals surface area contributed by atoms with Gasteiger partial charge in [-0.15, -0.1) is 0 Å². The van der Waals surface area contributed by atoms with Crippen LogP contribution < -0.4 is 0 Å². The second-order valence-corrected chi connectivity index (χ2v) is 5.15. The number of rotatable bonds is 3. The molecule has 0 bridgehead atoms. The Morgan fingerprint density at radius 3 is 2.26 bits per heavy atom. The van der Waals surface area contributed by atoms with E-state index < -0.39 is 11.0 Å². The van der Waals surface area contributed by atoms with Gasteiger partial charge in [0.15, 0.2) is 5.78 Å². The lowest BCUT2D eigenvalue weighted by atomic mass is 9.62. The van der Waals surface area contributed by atoms with Gasteiger partial charge in [-0.05, 0) is 13.8 Å². The smallest absolute Gasteiger partial charge is 0.180 e. The molecule has 1 aliphatic carbocycles. The predicted molar refractivity (Wildman–Crippen MR) is 76.9 cm³/mol. The molecule has 1 N–H and O–H groups in total. The van der Waals surface area contributed by atoms with E-state index in [1.165, 1.54) is 0 Å². The summed E-state index contributed by atoms with van der Waals surface area (Å²) in [6.07, 6.45) is 6.92. The fraction of sp³-hybridized carbons (Fsp3) is 0.235. The molecule has 1 aromatic rings. The fourth-order valence-electron chi connectivity index (χ4n) is 2.63. The van der Waals surface area contributed by atoms with Gasteiger partial charge >= 0.3 is 0 Å². The van der Waals surface area contributed by atoms with Crippen LogP contribution in [0.2, 0.25) is 0 Å². The summed E-state index contributed by atoms with van der Waals surface area (Å²) in [6.45, 7) is 7.35. The maximum Gasteiger partial charge on any atom is 0.180 e. The molecule has 2 heteroatoms. The van der Waals surface area contributed by atoms with Crippen LogP contribution in [-0.4, -0.2) is 16.5 Å². The van der Waals surface area contributed by atoms with Crippen LogP contribution in [0.5, 0.6) is 0 Å². The monoisotopic (exact) mass is 254 g/mol. The van der Waals surface area contributed by atoms with Crippen LogP contribution in [-0.2, 0) is 0 Å². The minimum atomic E-state index is -1.28. The van der Waals surface area contributed by atoms with Crippen LogP contribution >= 0.6 is 0 Å². The first-order chi connectivity index (χ1) is 8.92. The Morgan fingerprint density at radius 2 is 1.74 bits per heavy atom. The Morgan fingerprint density at radius 1 is 1.16 bits per heavy atom. The summed E-state index contributed by atoms with van der Waals surface area (Å²) >= 11 is 0. The topological polar surface area (TPSA) is 37.3 Å². The van der Waals surface area contributed by atoms with Gasteiger partial charge < -0.3 is 5.11 Å². The van der Waals surface area contributed by atoms with Gasteiger partial charge in [0.25, 0.3) is 0 Å². The van der Waals surface area contributed by atoms with Gasteiger partial charge in [-0.3, -0.25) is 4.79 Å². The number of carbonyl (C=O) groups excluding carboxylic acids is 1. The lowest BCUT2D eigenvalue weighted by Crippen LogP contribution is -2.50. The lowest BCUT2D eigenvalue weighted by molar-refractivity contribution is 0.0211. The van der Waals surface area contributed by atoms with Crippen LogP contribution in [0, 0.1) is 5.41 Å². The van der Waals surface area contributed by atoms with Crippen molar-refractivity contribution in [3.8, 4) is 0 Å². The first-order valence-corrected chi connectivity index (χ1v) is 6.27. The van der Waals surface area contributed by atoms with E-state index in [1.807, 2.05) is 18.2 Å². The van der Waals surface area contributed by atoms with Crippen molar-refractivity contribution in [2.75, 3.05) is 0 Å². The highest BCUT2D eigenvalue weighted by molar-refractivity contribution is 6.05. The summed E-state index contributed by atoms with van der Waals surface area (Å²) in [7, 11) is 0. The van der Waals surface area contributed by atoms with Crippen molar-refractivity contribution in [3.63, 3.8) is 0 Å². The average molecular weight is 254 g/mol. The van der Waals surface area contributed by atoms with E-state index in [0.29, 0.717) is 11.1 Å². The van der Waals surface area contributed by atoms with Crippen molar-refractivity contribution in [2.45, 2.75) is 19.4 Å². The zero-order valence-electron chi connectivity index (χ0n) is 11.3. The molecule has 2 rings (SSSR count). The molecule has 0 radical (unpaired) electrons. The molecule has 0 fully saturated rings. The zero-order chi connectivity index (χ0) is 14.1. The van der Waals surface area contributed by atoms with E-state index in [4.69, 9.17) is 0 Å². The Hall–Kier alpha value is -1.93. The molecule has 19 heavy (non-hydrogen) atoms. The Bertz CT molecular complexity index is 564. The second kappa shape index (κ2) is 4.63. The third-order valence-electron chi connectivity index (χ3n) is 3.74. The fourth-order valence-corrected chi connectivity index (χ4v) is 2.63. The molecule has 1 aromatic carbocycles. The summed E-state index contributed by atoms with van der Waals surface area (Å²) < 4.78 is 0. The van der Waals surface area contributed by atoms with Crippen molar-refractivity contribution >= 4 is 5.78 Å². The van der Waals surface area contributed by atoms with Crippen LogP contribution in [0.25, 0.3) is 0 Å². The van der Waals surface area contributed by atoms with Gasteiger partial charge in [-0.25, -0.2) is 0 Å². The van der Waals surface area contributed by atoms with Gasteiger partial charge in [0.05, 0.1) is 0 Å². The Labute approximate surface area is 113 Å². The highest BCUT2D eigenvalue weighted by Crippen LogP contribution is 2.45. The van der Waals surface area contributed by atoms with Crippen molar-refractivity contribution in [2.24, 2.45) is 5.41 Å². The average Bonchev–Trinajstić information content (AvgIpc) is 2.38. The maximum absolute atomic E-state index is 12.9. The molecule has 1 aliphatic rings. The van der Waals surface area contributed by atoms with Crippen LogP contribution in [0.3, 0.4) is 0 Å². The van der Waals surface area contributed by atoms with E-state index >= 15 is 0 Å². The predicted octanol–water partition coefficient (Wildman–Crippen LogP) is 3.31. The molecule has 0 saturated carbocycles. The zero-order valence-corrected chi connectivity index (χ0v) is 11.3. The molecule has 98 valence electrons. The van der Waals surface area contributed by atoms with E-state index in [0.717, 1.165) is 0 Å². The van der Waals surface area contributed by atoms with Crippen molar-refractivity contribution in [3.05, 3.63) is 72.4 Å². The summed E-state index contributed by atoms with van der Waals surface area (Å²) in [5.41, 5.74) is -1.18. The lowest BCUT2D eigenvalue weighted by Gasteiger charge is -2.42. The van der Waals surface area contributed by atoms with Gasteiger partial charge in [0, 0.05) is 5.56 Å². The van der Waals surface area contributed by atoms with Crippen LogP contribution in [0.15, 0.2) is 66.8 Å². The van der Waals surface area contributed by atoms with Crippen molar-refractivity contribution in [1.29, 1.82) is 0 Å². The second-order valence-electron chi connectivity index (χ2n) is 5.15. The largest absolute Gasteiger partial charge is 0.384 e. The summed E-state index contributed by atoms with van der Waals surface area (Å²) in [6, 6.07) is 9.01. The standard InChI is InChI=1S/C17H18O2/c1-13(2)17(12-8-7-11-16(17,3)19)15(18)14-9-5-4-6-10-14/h4-12,19H,1H2,2-3H3. The maximum atomic E-state index is 12.9. The number of benzene rings is 1. The molecular weight excluding hydrogens is 236 g/mol. The van der Waals surface area contributed by atoms with Crippen LogP contribution in [0.1, 0.15) is 24.2 Å². The first kappa shape index (κ1) is 13.5. The first-order valence-electron chi connectivity index (χ1n) is 6.27. The van der Waals surface area contributed by atoms with E-state index in [1.54, 1.807) is 50.3 Å². The molecule has 0 aromatic heterocycles. The highest BCUT2D eigenvalue weighted by Gasteiger charge is 2.51. The molecular formula is C17H18O2. The molecule has 0 aliphatic heterocycles. The number of carbonyl (C=O) groups is 1. The molecule has 2 nitrogen and oxygen atoms in total. The van der Waals surface area contributed by atoms with Gasteiger partial charge in [-0.1, -0.05) is 66.8 Å². The van der Waals surface area contributed by atoms with Gasteiger partial charge in [0.2, 0.25) is 0 Å². The van der Waals surface area contributed by atoms with E-state index in [-0.39, 0.29) is 5.78 Å². The third kappa shape index (κ3) is 1.98. The quantitative estimate of drug-likeness (QED) is 0.663. The molecule has 2 atom stereocenters. The number of hydrogen-bond acceptors (Lipinski definition) is 2. The van der Waals surface area contributed by atoms with Crippen molar-refractivity contribution < 1.29 is 9.90 Å². The highest BCUT2D eigenvalue weighted by atomic mass is 16.3. The van der Waals surface area contributed by atoms with Crippen molar-refractivity contribution in [1.82, 2.24) is 0 Å². The molecule has 0 saturated heterocycles. The third-order valence-corrected chi connectivity index (χ3v) is 3.74. The SMILES string of the molecule is C=C(C)C1(C(=O)c2ccccc2)C=CC=CC1(C)O. The number of aliphatic hydroxyl groups is 1. The molecule has 2 unspecified atom stereocenters. The van der Waals surface area contributed by atoms with Gasteiger partial charge in [0.1, 0.15) is 11.0 Å². The number of hydrogen-bond donors (Lipinski definition) is 1.